The number of hydrogen-bond acceptors (Lipinski definition) is 5. The summed E-state index contributed by atoms with van der Waals surface area (Å²) in [6.45, 7) is 7.98. The van der Waals surface area contributed by atoms with Crippen LogP contribution in [0.1, 0.15) is 5.56 Å². The van der Waals surface area contributed by atoms with E-state index in [1.807, 2.05) is 24.3 Å². The molecule has 1 aliphatic rings. The Kier molecular flexibility index (Phi) is 6.85. The molecule has 0 spiro atoms. The van der Waals surface area contributed by atoms with Crippen molar-refractivity contribution in [3.05, 3.63) is 59.6 Å². The average molecular weight is 389 g/mol. The van der Waals surface area contributed by atoms with Gasteiger partial charge < -0.3 is 24.4 Å². The van der Waals surface area contributed by atoms with E-state index >= 15 is 0 Å². The molecule has 0 bridgehead atoms. The number of ether oxygens (including phenoxy) is 3. The Morgan fingerprint density at radius 3 is 2.70 bits per heavy atom. The van der Waals surface area contributed by atoms with E-state index in [1.165, 1.54) is 0 Å². The number of rotatable bonds is 8. The van der Waals surface area contributed by atoms with Crippen molar-refractivity contribution < 1.29 is 14.2 Å². The molecule has 3 rings (SSSR count). The first-order valence-corrected chi connectivity index (χ1v) is 9.36. The number of anilines is 2. The van der Waals surface area contributed by atoms with Crippen molar-refractivity contribution in [3.8, 4) is 11.5 Å². The van der Waals surface area contributed by atoms with Crippen LogP contribution in [0.2, 0.25) is 5.02 Å². The second-order valence-corrected chi connectivity index (χ2v) is 6.61. The minimum atomic E-state index is 0.446. The number of nitrogens with one attached hydrogen (secondary N) is 1. The highest BCUT2D eigenvalue weighted by Gasteiger charge is 2.14. The lowest BCUT2D eigenvalue weighted by Crippen LogP contribution is -2.36. The van der Waals surface area contributed by atoms with Crippen molar-refractivity contribution >= 4 is 23.0 Å². The molecule has 6 heteroatoms. The van der Waals surface area contributed by atoms with Crippen molar-refractivity contribution in [3.63, 3.8) is 0 Å². The molecule has 1 fully saturated rings. The SMILES string of the molecule is C=CCOc1ccc(CNc2ccc(N3CCOCC3)c(Cl)c2)cc1OC. The summed E-state index contributed by atoms with van der Waals surface area (Å²) < 4.78 is 16.4. The third-order valence-electron chi connectivity index (χ3n) is 4.38. The molecular formula is C21H25ClN2O3. The largest absolute Gasteiger partial charge is 0.493 e. The van der Waals surface area contributed by atoms with Crippen molar-refractivity contribution in [2.24, 2.45) is 0 Å². The normalized spacial score (nSPS) is 13.9. The lowest BCUT2D eigenvalue weighted by atomic mass is 10.2. The Morgan fingerprint density at radius 2 is 2.00 bits per heavy atom. The van der Waals surface area contributed by atoms with Crippen LogP contribution in [-0.2, 0) is 11.3 Å². The van der Waals surface area contributed by atoms with Crippen LogP contribution in [0, 0.1) is 0 Å². The molecule has 0 aliphatic carbocycles. The molecule has 5 nitrogen and oxygen atoms in total. The van der Waals surface area contributed by atoms with Crippen LogP contribution in [0.15, 0.2) is 49.1 Å². The highest BCUT2D eigenvalue weighted by atomic mass is 35.5. The molecule has 144 valence electrons. The van der Waals surface area contributed by atoms with Crippen LogP contribution in [0.4, 0.5) is 11.4 Å². The summed E-state index contributed by atoms with van der Waals surface area (Å²) in [6.07, 6.45) is 1.71. The van der Waals surface area contributed by atoms with Crippen molar-refractivity contribution in [1.29, 1.82) is 0 Å². The maximum absolute atomic E-state index is 6.49. The number of nitrogens with zero attached hydrogens (tertiary/aromatic N) is 1. The van der Waals surface area contributed by atoms with Crippen LogP contribution >= 0.6 is 11.6 Å². The Hall–Kier alpha value is -2.37. The van der Waals surface area contributed by atoms with Gasteiger partial charge in [-0.2, -0.15) is 0 Å². The van der Waals surface area contributed by atoms with E-state index in [4.69, 9.17) is 25.8 Å². The molecule has 0 atom stereocenters. The van der Waals surface area contributed by atoms with Gasteiger partial charge in [-0.3, -0.25) is 0 Å². The summed E-state index contributed by atoms with van der Waals surface area (Å²) >= 11 is 6.49. The fraction of sp³-hybridized carbons (Fsp3) is 0.333. The summed E-state index contributed by atoms with van der Waals surface area (Å²) in [4.78, 5) is 2.25. The summed E-state index contributed by atoms with van der Waals surface area (Å²) in [5.74, 6) is 1.41. The minimum Gasteiger partial charge on any atom is -0.493 e. The van der Waals surface area contributed by atoms with Gasteiger partial charge in [-0.1, -0.05) is 30.3 Å². The number of benzene rings is 2. The molecule has 1 aliphatic heterocycles. The topological polar surface area (TPSA) is 43.0 Å². The van der Waals surface area contributed by atoms with E-state index in [0.29, 0.717) is 24.7 Å². The standard InChI is InChI=1S/C21H25ClN2O3/c1-3-10-27-20-7-4-16(13-21(20)25-2)15-23-17-5-6-19(18(22)14-17)24-8-11-26-12-9-24/h3-7,13-14,23H,1,8-12,15H2,2H3. The summed E-state index contributed by atoms with van der Waals surface area (Å²) in [5, 5.41) is 4.15. The van der Waals surface area contributed by atoms with E-state index in [-0.39, 0.29) is 0 Å². The highest BCUT2D eigenvalue weighted by Crippen LogP contribution is 2.31. The lowest BCUT2D eigenvalue weighted by Gasteiger charge is -2.29. The second-order valence-electron chi connectivity index (χ2n) is 6.20. The zero-order chi connectivity index (χ0) is 19.1. The monoisotopic (exact) mass is 388 g/mol. The molecule has 0 saturated carbocycles. The molecule has 0 unspecified atom stereocenters. The molecule has 1 heterocycles. The van der Waals surface area contributed by atoms with E-state index in [1.54, 1.807) is 13.2 Å². The fourth-order valence-corrected chi connectivity index (χ4v) is 3.27. The Bertz CT molecular complexity index is 776. The van der Waals surface area contributed by atoms with Gasteiger partial charge in [-0.05, 0) is 35.9 Å². The van der Waals surface area contributed by atoms with E-state index < -0.39 is 0 Å². The number of methoxy groups -OCH3 is 1. The molecule has 2 aromatic carbocycles. The van der Waals surface area contributed by atoms with Crippen LogP contribution in [0.5, 0.6) is 11.5 Å². The first kappa shape index (κ1) is 19.4. The number of morpholine rings is 1. The van der Waals surface area contributed by atoms with E-state index in [0.717, 1.165) is 48.3 Å². The fourth-order valence-electron chi connectivity index (χ4n) is 2.97. The Labute approximate surface area is 165 Å². The van der Waals surface area contributed by atoms with Gasteiger partial charge in [-0.15, -0.1) is 0 Å². The predicted molar refractivity (Wildman–Crippen MR) is 110 cm³/mol. The van der Waals surface area contributed by atoms with Crippen molar-refractivity contribution in [2.75, 3.05) is 50.2 Å². The minimum absolute atomic E-state index is 0.446. The molecule has 0 amide bonds. The molecule has 27 heavy (non-hydrogen) atoms. The zero-order valence-electron chi connectivity index (χ0n) is 15.5. The molecular weight excluding hydrogens is 364 g/mol. The van der Waals surface area contributed by atoms with E-state index in [2.05, 4.69) is 28.9 Å². The van der Waals surface area contributed by atoms with Crippen molar-refractivity contribution in [1.82, 2.24) is 0 Å². The third kappa shape index (κ3) is 5.08. The Morgan fingerprint density at radius 1 is 1.19 bits per heavy atom. The predicted octanol–water partition coefficient (Wildman–Crippen LogP) is 4.36. The van der Waals surface area contributed by atoms with Gasteiger partial charge in [0.05, 0.1) is 31.0 Å². The van der Waals surface area contributed by atoms with Crippen LogP contribution < -0.4 is 19.7 Å². The second kappa shape index (κ2) is 9.53. The molecule has 1 saturated heterocycles. The van der Waals surface area contributed by atoms with Gasteiger partial charge in [0.25, 0.3) is 0 Å². The summed E-state index contributed by atoms with van der Waals surface area (Å²) in [7, 11) is 1.64. The lowest BCUT2D eigenvalue weighted by molar-refractivity contribution is 0.122. The zero-order valence-corrected chi connectivity index (χ0v) is 16.3. The van der Waals surface area contributed by atoms with Gasteiger partial charge in [0.15, 0.2) is 11.5 Å². The van der Waals surface area contributed by atoms with E-state index in [9.17, 15) is 0 Å². The summed E-state index contributed by atoms with van der Waals surface area (Å²) in [6, 6.07) is 12.0. The first-order chi connectivity index (χ1) is 13.2. The molecule has 2 aromatic rings. The smallest absolute Gasteiger partial charge is 0.161 e. The molecule has 1 N–H and O–H groups in total. The maximum Gasteiger partial charge on any atom is 0.161 e. The van der Waals surface area contributed by atoms with Gasteiger partial charge in [0.2, 0.25) is 0 Å². The quantitative estimate of drug-likeness (QED) is 0.680. The number of halogens is 1. The van der Waals surface area contributed by atoms with Crippen LogP contribution in [0.25, 0.3) is 0 Å². The van der Waals surface area contributed by atoms with Gasteiger partial charge in [-0.25, -0.2) is 0 Å². The molecule has 0 aromatic heterocycles. The first-order valence-electron chi connectivity index (χ1n) is 8.98. The highest BCUT2D eigenvalue weighted by molar-refractivity contribution is 6.33. The summed E-state index contributed by atoms with van der Waals surface area (Å²) in [5.41, 5.74) is 3.12. The van der Waals surface area contributed by atoms with Crippen LogP contribution in [0.3, 0.4) is 0 Å². The maximum atomic E-state index is 6.49. The third-order valence-corrected chi connectivity index (χ3v) is 4.68. The molecule has 0 radical (unpaired) electrons. The van der Waals surface area contributed by atoms with Gasteiger partial charge in [0.1, 0.15) is 6.61 Å². The van der Waals surface area contributed by atoms with Crippen molar-refractivity contribution in [2.45, 2.75) is 6.54 Å². The van der Waals surface area contributed by atoms with Crippen LogP contribution in [-0.4, -0.2) is 40.0 Å². The number of hydrogen-bond donors (Lipinski definition) is 1. The van der Waals surface area contributed by atoms with Gasteiger partial charge in [0, 0.05) is 25.3 Å². The average Bonchev–Trinajstić information content (AvgIpc) is 2.71. The van der Waals surface area contributed by atoms with Gasteiger partial charge >= 0.3 is 0 Å². The Balaban J connectivity index is 1.64.